The molecule has 2 aliphatic heterocycles. The molecule has 0 aromatic heterocycles. The van der Waals surface area contributed by atoms with E-state index in [1.165, 1.54) is 0 Å². The molecule has 2 fully saturated rings. The molecule has 8 heteroatoms. The van der Waals surface area contributed by atoms with Crippen molar-refractivity contribution in [1.29, 1.82) is 0 Å². The summed E-state index contributed by atoms with van der Waals surface area (Å²) >= 11 is 0. The maximum Gasteiger partial charge on any atom is 0.0900 e. The molecule has 148 valence electrons. The molecule has 25 heavy (non-hydrogen) atoms. The summed E-state index contributed by atoms with van der Waals surface area (Å²) in [5, 5.41) is 9.93. The Morgan fingerprint density at radius 1 is 0.720 bits per heavy atom. The van der Waals surface area contributed by atoms with Gasteiger partial charge in [-0.2, -0.15) is 0 Å². The highest BCUT2D eigenvalue weighted by atomic mass is 16.5. The van der Waals surface area contributed by atoms with Gasteiger partial charge in [-0.05, 0) is 0 Å². The molecule has 0 aliphatic carbocycles. The number of morpholine rings is 2. The molecular weight excluding hydrogens is 328 g/mol. The van der Waals surface area contributed by atoms with E-state index in [1.54, 1.807) is 0 Å². The van der Waals surface area contributed by atoms with Crippen molar-refractivity contribution in [2.24, 2.45) is 0 Å². The zero-order valence-corrected chi connectivity index (χ0v) is 15.3. The standard InChI is InChI=1S/C17H34N2O6/c20-17(15-19-4-9-22-10-5-19)16-25-14-13-24-12-11-23-8-3-18-1-6-21-7-2-18/h17,20H,1-16H2/t17-/m1/s1. The van der Waals surface area contributed by atoms with Crippen LogP contribution in [0, 0.1) is 0 Å². The zero-order chi connectivity index (χ0) is 17.6. The first-order chi connectivity index (χ1) is 12.3. The summed E-state index contributed by atoms with van der Waals surface area (Å²) in [6.07, 6.45) is -0.457. The third kappa shape index (κ3) is 10.4. The van der Waals surface area contributed by atoms with Crippen LogP contribution < -0.4 is 0 Å². The lowest BCUT2D eigenvalue weighted by Gasteiger charge is -2.28. The highest BCUT2D eigenvalue weighted by molar-refractivity contribution is 4.66. The van der Waals surface area contributed by atoms with Crippen LogP contribution in [0.15, 0.2) is 0 Å². The van der Waals surface area contributed by atoms with E-state index in [4.69, 9.17) is 23.7 Å². The molecule has 0 bridgehead atoms. The number of nitrogens with zero attached hydrogens (tertiary/aromatic N) is 2. The van der Waals surface area contributed by atoms with Gasteiger partial charge < -0.3 is 28.8 Å². The third-order valence-electron chi connectivity index (χ3n) is 4.28. The lowest BCUT2D eigenvalue weighted by atomic mass is 10.3. The van der Waals surface area contributed by atoms with Gasteiger partial charge in [0.15, 0.2) is 0 Å². The molecule has 2 aliphatic rings. The second kappa shape index (κ2) is 13.8. The van der Waals surface area contributed by atoms with Gasteiger partial charge in [0.25, 0.3) is 0 Å². The quantitative estimate of drug-likeness (QED) is 0.421. The van der Waals surface area contributed by atoms with E-state index in [2.05, 4.69) is 9.80 Å². The fourth-order valence-corrected chi connectivity index (χ4v) is 2.81. The summed E-state index contributed by atoms with van der Waals surface area (Å²) < 4.78 is 27.1. The molecule has 0 aromatic carbocycles. The van der Waals surface area contributed by atoms with Gasteiger partial charge in [0, 0.05) is 39.3 Å². The van der Waals surface area contributed by atoms with E-state index < -0.39 is 6.10 Å². The molecule has 0 radical (unpaired) electrons. The Hall–Kier alpha value is -0.320. The van der Waals surface area contributed by atoms with Crippen molar-refractivity contribution >= 4 is 0 Å². The van der Waals surface area contributed by atoms with Crippen LogP contribution in [0.4, 0.5) is 0 Å². The minimum atomic E-state index is -0.457. The van der Waals surface area contributed by atoms with Gasteiger partial charge in [0.1, 0.15) is 0 Å². The fraction of sp³-hybridized carbons (Fsp3) is 1.00. The molecule has 0 amide bonds. The van der Waals surface area contributed by atoms with Crippen LogP contribution in [0.5, 0.6) is 0 Å². The first-order valence-corrected chi connectivity index (χ1v) is 9.36. The molecule has 0 saturated carbocycles. The molecule has 1 N–H and O–H groups in total. The molecule has 0 unspecified atom stereocenters. The Morgan fingerprint density at radius 3 is 1.88 bits per heavy atom. The van der Waals surface area contributed by atoms with Gasteiger partial charge >= 0.3 is 0 Å². The lowest BCUT2D eigenvalue weighted by molar-refractivity contribution is -0.0316. The zero-order valence-electron chi connectivity index (χ0n) is 15.3. The number of hydrogen-bond donors (Lipinski definition) is 1. The van der Waals surface area contributed by atoms with E-state index in [0.717, 1.165) is 65.8 Å². The third-order valence-corrected chi connectivity index (χ3v) is 4.28. The van der Waals surface area contributed by atoms with Crippen molar-refractivity contribution in [3.63, 3.8) is 0 Å². The fourth-order valence-electron chi connectivity index (χ4n) is 2.81. The summed E-state index contributed by atoms with van der Waals surface area (Å²) in [5.41, 5.74) is 0. The van der Waals surface area contributed by atoms with Crippen LogP contribution in [0.2, 0.25) is 0 Å². The minimum absolute atomic E-state index is 0.344. The predicted octanol–water partition coefficient (Wildman–Crippen LogP) is -0.938. The summed E-state index contributed by atoms with van der Waals surface area (Å²) in [4.78, 5) is 4.54. The molecule has 1 atom stereocenters. The topological polar surface area (TPSA) is 72.9 Å². The summed E-state index contributed by atoms with van der Waals surface area (Å²) in [5.74, 6) is 0. The second-order valence-corrected chi connectivity index (χ2v) is 6.32. The van der Waals surface area contributed by atoms with E-state index in [-0.39, 0.29) is 0 Å². The van der Waals surface area contributed by atoms with Crippen molar-refractivity contribution in [2.75, 3.05) is 105 Å². The monoisotopic (exact) mass is 362 g/mol. The van der Waals surface area contributed by atoms with Crippen molar-refractivity contribution in [3.8, 4) is 0 Å². The average molecular weight is 362 g/mol. The van der Waals surface area contributed by atoms with Gasteiger partial charge in [0.2, 0.25) is 0 Å². The number of hydrogen-bond acceptors (Lipinski definition) is 8. The average Bonchev–Trinajstić information content (AvgIpc) is 2.65. The summed E-state index contributed by atoms with van der Waals surface area (Å²) in [6.45, 7) is 11.7. The number of rotatable bonds is 13. The molecule has 0 spiro atoms. The molecule has 2 rings (SSSR count). The number of aliphatic hydroxyl groups excluding tert-OH is 1. The molecule has 2 saturated heterocycles. The smallest absolute Gasteiger partial charge is 0.0900 e. The first kappa shape index (κ1) is 21.0. The van der Waals surface area contributed by atoms with Crippen LogP contribution in [-0.4, -0.2) is 126 Å². The van der Waals surface area contributed by atoms with Crippen LogP contribution in [-0.2, 0) is 23.7 Å². The summed E-state index contributed by atoms with van der Waals surface area (Å²) in [7, 11) is 0. The largest absolute Gasteiger partial charge is 0.389 e. The maximum atomic E-state index is 9.93. The number of β-amino-alcohol motifs (C(OH)–C–C–N with tert-alkyl or cyclic N) is 1. The van der Waals surface area contributed by atoms with Crippen LogP contribution in [0.3, 0.4) is 0 Å². The van der Waals surface area contributed by atoms with Crippen molar-refractivity contribution in [3.05, 3.63) is 0 Å². The van der Waals surface area contributed by atoms with Crippen LogP contribution in [0.25, 0.3) is 0 Å². The minimum Gasteiger partial charge on any atom is -0.389 e. The first-order valence-electron chi connectivity index (χ1n) is 9.36. The van der Waals surface area contributed by atoms with Crippen LogP contribution in [0.1, 0.15) is 0 Å². The Morgan fingerprint density at radius 2 is 1.24 bits per heavy atom. The predicted molar refractivity (Wildman–Crippen MR) is 93.0 cm³/mol. The highest BCUT2D eigenvalue weighted by Crippen LogP contribution is 1.99. The Labute approximate surface area is 150 Å². The number of ether oxygens (including phenoxy) is 5. The SMILES string of the molecule is O[C@@H](COCCOCCOCCN1CCOCC1)CN1CCOCC1. The second-order valence-electron chi connectivity index (χ2n) is 6.32. The maximum absolute atomic E-state index is 9.93. The highest BCUT2D eigenvalue weighted by Gasteiger charge is 2.14. The van der Waals surface area contributed by atoms with E-state index >= 15 is 0 Å². The Kier molecular flexibility index (Phi) is 11.6. The Bertz CT molecular complexity index is 312. The van der Waals surface area contributed by atoms with Crippen LogP contribution >= 0.6 is 0 Å². The van der Waals surface area contributed by atoms with E-state index in [0.29, 0.717) is 39.6 Å². The molecule has 2 heterocycles. The van der Waals surface area contributed by atoms with Crippen molar-refractivity contribution in [1.82, 2.24) is 9.80 Å². The molecule has 0 aromatic rings. The van der Waals surface area contributed by atoms with Gasteiger partial charge in [-0.15, -0.1) is 0 Å². The normalized spacial score (nSPS) is 21.5. The van der Waals surface area contributed by atoms with E-state index in [1.807, 2.05) is 0 Å². The van der Waals surface area contributed by atoms with Crippen molar-refractivity contribution < 1.29 is 28.8 Å². The molecule has 8 nitrogen and oxygen atoms in total. The lowest BCUT2D eigenvalue weighted by Crippen LogP contribution is -2.42. The van der Waals surface area contributed by atoms with Gasteiger partial charge in [-0.1, -0.05) is 0 Å². The Balaban J connectivity index is 1.30. The summed E-state index contributed by atoms with van der Waals surface area (Å²) in [6, 6.07) is 0. The van der Waals surface area contributed by atoms with E-state index in [9.17, 15) is 5.11 Å². The van der Waals surface area contributed by atoms with Crippen molar-refractivity contribution in [2.45, 2.75) is 6.10 Å². The molecular formula is C17H34N2O6. The van der Waals surface area contributed by atoms with Gasteiger partial charge in [-0.25, -0.2) is 0 Å². The van der Waals surface area contributed by atoms with Gasteiger partial charge in [0.05, 0.1) is 72.2 Å². The number of aliphatic hydroxyl groups is 1. The van der Waals surface area contributed by atoms with Gasteiger partial charge in [-0.3, -0.25) is 9.80 Å².